The van der Waals surface area contributed by atoms with Crippen molar-refractivity contribution in [3.8, 4) is 5.75 Å². The van der Waals surface area contributed by atoms with Crippen LogP contribution in [0.2, 0.25) is 0 Å². The van der Waals surface area contributed by atoms with Crippen molar-refractivity contribution in [1.29, 1.82) is 0 Å². The Morgan fingerprint density at radius 3 is 2.73 bits per heavy atom. The number of fused-ring (bicyclic) bond motifs is 1. The minimum absolute atomic E-state index is 0.242. The fraction of sp³-hybridized carbons (Fsp3) is 0.538. The van der Waals surface area contributed by atoms with Crippen molar-refractivity contribution in [3.63, 3.8) is 0 Å². The van der Waals surface area contributed by atoms with Crippen molar-refractivity contribution in [1.82, 2.24) is 0 Å². The average molecular weight is 269 g/mol. The lowest BCUT2D eigenvalue weighted by Gasteiger charge is -2.18. The van der Waals surface area contributed by atoms with Crippen LogP contribution in [0, 0.1) is 0 Å². The zero-order valence-electron chi connectivity index (χ0n) is 9.13. The summed E-state index contributed by atoms with van der Waals surface area (Å²) in [6.07, 6.45) is 5.36. The first-order chi connectivity index (χ1) is 7.29. The van der Waals surface area contributed by atoms with Gasteiger partial charge in [-0.2, -0.15) is 0 Å². The van der Waals surface area contributed by atoms with Gasteiger partial charge < -0.3 is 4.74 Å². The molecule has 0 spiro atoms. The normalized spacial score (nSPS) is 16.9. The Kier molecular flexibility index (Phi) is 3.68. The molecule has 1 unspecified atom stereocenters. The maximum absolute atomic E-state index is 5.78. The molecule has 15 heavy (non-hydrogen) atoms. The predicted molar refractivity (Wildman–Crippen MR) is 67.0 cm³/mol. The molecular weight excluding hydrogens is 252 g/mol. The molecule has 2 heteroatoms. The number of hydrogen-bond donors (Lipinski definition) is 0. The molecule has 1 aliphatic carbocycles. The fourth-order valence-corrected chi connectivity index (χ4v) is 2.18. The summed E-state index contributed by atoms with van der Waals surface area (Å²) in [5.74, 6) is 1.02. The Labute approximate surface area is 100.0 Å². The highest BCUT2D eigenvalue weighted by atomic mass is 79.9. The van der Waals surface area contributed by atoms with E-state index in [0.717, 1.165) is 11.1 Å². The van der Waals surface area contributed by atoms with E-state index in [4.69, 9.17) is 4.74 Å². The number of rotatable bonds is 3. The van der Waals surface area contributed by atoms with Crippen LogP contribution in [0.15, 0.2) is 18.2 Å². The van der Waals surface area contributed by atoms with Crippen LogP contribution in [-0.4, -0.2) is 11.4 Å². The molecule has 0 bridgehead atoms. The fourth-order valence-electron chi connectivity index (χ4n) is 2.05. The minimum Gasteiger partial charge on any atom is -0.490 e. The first kappa shape index (κ1) is 11.0. The standard InChI is InChI=1S/C13H17BrO/c1-10(9-14)15-13-7-6-11-4-2-3-5-12(11)8-13/h6-8,10H,2-5,9H2,1H3. The molecule has 0 aliphatic heterocycles. The highest BCUT2D eigenvalue weighted by molar-refractivity contribution is 9.09. The molecule has 1 aromatic rings. The van der Waals surface area contributed by atoms with E-state index in [1.54, 1.807) is 0 Å². The number of benzene rings is 1. The average Bonchev–Trinajstić information content (AvgIpc) is 2.29. The highest BCUT2D eigenvalue weighted by Crippen LogP contribution is 2.25. The summed E-state index contributed by atoms with van der Waals surface area (Å²) < 4.78 is 5.78. The lowest BCUT2D eigenvalue weighted by molar-refractivity contribution is 0.248. The Bertz CT molecular complexity index is 335. The number of hydrogen-bond acceptors (Lipinski definition) is 1. The van der Waals surface area contributed by atoms with Crippen molar-refractivity contribution < 1.29 is 4.74 Å². The topological polar surface area (TPSA) is 9.23 Å². The summed E-state index contributed by atoms with van der Waals surface area (Å²) in [7, 11) is 0. The molecule has 1 atom stereocenters. The number of alkyl halides is 1. The molecule has 0 fully saturated rings. The molecule has 1 nitrogen and oxygen atoms in total. The monoisotopic (exact) mass is 268 g/mol. The van der Waals surface area contributed by atoms with Gasteiger partial charge in [0, 0.05) is 5.33 Å². The smallest absolute Gasteiger partial charge is 0.120 e. The first-order valence-electron chi connectivity index (χ1n) is 5.64. The van der Waals surface area contributed by atoms with Crippen molar-refractivity contribution in [2.75, 3.05) is 5.33 Å². The third kappa shape index (κ3) is 2.75. The second kappa shape index (κ2) is 5.02. The van der Waals surface area contributed by atoms with E-state index in [1.807, 2.05) is 0 Å². The van der Waals surface area contributed by atoms with Crippen LogP contribution in [0.3, 0.4) is 0 Å². The van der Waals surface area contributed by atoms with Gasteiger partial charge in [0.2, 0.25) is 0 Å². The third-order valence-electron chi connectivity index (χ3n) is 2.87. The third-order valence-corrected chi connectivity index (χ3v) is 3.79. The maximum Gasteiger partial charge on any atom is 0.120 e. The van der Waals surface area contributed by atoms with Crippen LogP contribution in [0.5, 0.6) is 5.75 Å². The van der Waals surface area contributed by atoms with Gasteiger partial charge >= 0.3 is 0 Å². The van der Waals surface area contributed by atoms with Crippen molar-refractivity contribution in [2.24, 2.45) is 0 Å². The van der Waals surface area contributed by atoms with Crippen LogP contribution < -0.4 is 4.74 Å². The predicted octanol–water partition coefficient (Wildman–Crippen LogP) is 3.73. The molecule has 0 saturated heterocycles. The van der Waals surface area contributed by atoms with Crippen molar-refractivity contribution in [2.45, 2.75) is 38.7 Å². The van der Waals surface area contributed by atoms with E-state index in [-0.39, 0.29) is 6.10 Å². The largest absolute Gasteiger partial charge is 0.490 e. The van der Waals surface area contributed by atoms with E-state index in [9.17, 15) is 0 Å². The number of ether oxygens (including phenoxy) is 1. The van der Waals surface area contributed by atoms with Gasteiger partial charge in [0.25, 0.3) is 0 Å². The Balaban J connectivity index is 2.13. The van der Waals surface area contributed by atoms with Crippen LogP contribution in [-0.2, 0) is 12.8 Å². The summed E-state index contributed by atoms with van der Waals surface area (Å²) >= 11 is 3.42. The first-order valence-corrected chi connectivity index (χ1v) is 6.76. The van der Waals surface area contributed by atoms with E-state index in [1.165, 1.54) is 36.8 Å². The van der Waals surface area contributed by atoms with Gasteiger partial charge in [0.1, 0.15) is 11.9 Å². The second-order valence-electron chi connectivity index (χ2n) is 4.22. The molecule has 0 radical (unpaired) electrons. The van der Waals surface area contributed by atoms with Gasteiger partial charge in [0.15, 0.2) is 0 Å². The van der Waals surface area contributed by atoms with Crippen LogP contribution in [0.1, 0.15) is 30.9 Å². The van der Waals surface area contributed by atoms with Gasteiger partial charge in [-0.1, -0.05) is 22.0 Å². The van der Waals surface area contributed by atoms with Crippen LogP contribution in [0.4, 0.5) is 0 Å². The minimum atomic E-state index is 0.242. The SMILES string of the molecule is CC(CBr)Oc1ccc2c(c1)CCCC2. The molecule has 1 aliphatic rings. The molecule has 0 amide bonds. The Hall–Kier alpha value is -0.500. The van der Waals surface area contributed by atoms with Crippen LogP contribution in [0.25, 0.3) is 0 Å². The molecule has 0 heterocycles. The van der Waals surface area contributed by atoms with Gasteiger partial charge in [-0.25, -0.2) is 0 Å². The Morgan fingerprint density at radius 1 is 1.27 bits per heavy atom. The van der Waals surface area contributed by atoms with Gasteiger partial charge in [-0.05, 0) is 55.9 Å². The zero-order chi connectivity index (χ0) is 10.7. The van der Waals surface area contributed by atoms with Gasteiger partial charge in [0.05, 0.1) is 0 Å². The summed E-state index contributed by atoms with van der Waals surface area (Å²) in [5, 5.41) is 0.879. The zero-order valence-corrected chi connectivity index (χ0v) is 10.7. The number of halogens is 1. The van der Waals surface area contributed by atoms with E-state index in [0.29, 0.717) is 0 Å². The van der Waals surface area contributed by atoms with Gasteiger partial charge in [-0.15, -0.1) is 0 Å². The molecule has 0 aromatic heterocycles. The summed E-state index contributed by atoms with van der Waals surface area (Å²) in [6, 6.07) is 6.54. The molecule has 2 rings (SSSR count). The quantitative estimate of drug-likeness (QED) is 0.760. The summed E-state index contributed by atoms with van der Waals surface area (Å²) in [5.41, 5.74) is 3.00. The maximum atomic E-state index is 5.78. The second-order valence-corrected chi connectivity index (χ2v) is 4.87. The Morgan fingerprint density at radius 2 is 2.00 bits per heavy atom. The lowest BCUT2D eigenvalue weighted by atomic mass is 9.92. The molecule has 0 saturated carbocycles. The lowest BCUT2D eigenvalue weighted by Crippen LogP contribution is -2.13. The summed E-state index contributed by atoms with van der Waals surface area (Å²) in [4.78, 5) is 0. The van der Waals surface area contributed by atoms with E-state index in [2.05, 4.69) is 41.1 Å². The van der Waals surface area contributed by atoms with Crippen molar-refractivity contribution in [3.05, 3.63) is 29.3 Å². The molecule has 1 aromatic carbocycles. The van der Waals surface area contributed by atoms with Crippen LogP contribution >= 0.6 is 15.9 Å². The van der Waals surface area contributed by atoms with Gasteiger partial charge in [-0.3, -0.25) is 0 Å². The molecular formula is C13H17BrO. The number of aryl methyl sites for hydroxylation is 2. The van der Waals surface area contributed by atoms with E-state index < -0.39 is 0 Å². The van der Waals surface area contributed by atoms with Crippen molar-refractivity contribution >= 4 is 15.9 Å². The summed E-state index contributed by atoms with van der Waals surface area (Å²) in [6.45, 7) is 2.08. The van der Waals surface area contributed by atoms with E-state index >= 15 is 0 Å². The highest BCUT2D eigenvalue weighted by Gasteiger charge is 2.10. The molecule has 0 N–H and O–H groups in total. The molecule has 82 valence electrons.